The van der Waals surface area contributed by atoms with Gasteiger partial charge in [-0.3, -0.25) is 9.36 Å². The monoisotopic (exact) mass is 279 g/mol. The van der Waals surface area contributed by atoms with Crippen LogP contribution in [0.2, 0.25) is 0 Å². The van der Waals surface area contributed by atoms with E-state index in [2.05, 4.69) is 9.97 Å². The van der Waals surface area contributed by atoms with Crippen molar-refractivity contribution in [1.29, 1.82) is 0 Å². The van der Waals surface area contributed by atoms with Gasteiger partial charge in [0.05, 0.1) is 5.56 Å². The number of carbonyl (C=O) groups is 1. The van der Waals surface area contributed by atoms with E-state index in [4.69, 9.17) is 11.5 Å². The lowest BCUT2D eigenvalue weighted by Gasteiger charge is -2.10. The van der Waals surface area contributed by atoms with E-state index in [-0.39, 0.29) is 0 Å². The van der Waals surface area contributed by atoms with E-state index in [1.165, 1.54) is 0 Å². The van der Waals surface area contributed by atoms with Crippen LogP contribution < -0.4 is 11.5 Å². The lowest BCUT2D eigenvalue weighted by molar-refractivity contribution is 0.1000. The molecule has 104 valence electrons. The van der Waals surface area contributed by atoms with Gasteiger partial charge in [0, 0.05) is 29.8 Å². The minimum absolute atomic E-state index is 0.340. The predicted octanol–water partition coefficient (Wildman–Crippen LogP) is 1.62. The van der Waals surface area contributed by atoms with Crippen LogP contribution in [0.25, 0.3) is 17.2 Å². The summed E-state index contributed by atoms with van der Waals surface area (Å²) in [5.41, 5.74) is 13.0. The number of benzene rings is 1. The van der Waals surface area contributed by atoms with Gasteiger partial charge in [-0.05, 0) is 36.4 Å². The van der Waals surface area contributed by atoms with Gasteiger partial charge in [0.25, 0.3) is 5.91 Å². The van der Waals surface area contributed by atoms with E-state index in [9.17, 15) is 4.79 Å². The molecule has 21 heavy (non-hydrogen) atoms. The number of imidazole rings is 1. The SMILES string of the molecule is NC(=O)c1cccnc1-n1ccnc1-c1ccc(N)cc1. The quantitative estimate of drug-likeness (QED) is 0.711. The van der Waals surface area contributed by atoms with Crippen molar-refractivity contribution in [3.63, 3.8) is 0 Å². The molecule has 0 bridgehead atoms. The maximum atomic E-state index is 11.5. The van der Waals surface area contributed by atoms with Gasteiger partial charge in [-0.2, -0.15) is 0 Å². The van der Waals surface area contributed by atoms with E-state index in [1.807, 2.05) is 12.1 Å². The molecule has 2 heterocycles. The summed E-state index contributed by atoms with van der Waals surface area (Å²) >= 11 is 0. The molecule has 1 amide bonds. The molecular formula is C15H13N5O. The first-order chi connectivity index (χ1) is 10.2. The maximum Gasteiger partial charge on any atom is 0.252 e. The molecule has 0 atom stereocenters. The van der Waals surface area contributed by atoms with Crippen LogP contribution in [0.15, 0.2) is 55.0 Å². The fraction of sp³-hybridized carbons (Fsp3) is 0. The number of nitrogen functional groups attached to an aromatic ring is 1. The Morgan fingerprint density at radius 3 is 2.52 bits per heavy atom. The number of rotatable bonds is 3. The van der Waals surface area contributed by atoms with Crippen LogP contribution >= 0.6 is 0 Å². The predicted molar refractivity (Wildman–Crippen MR) is 79.7 cm³/mol. The molecule has 0 fully saturated rings. The standard InChI is InChI=1S/C15H13N5O/c16-11-5-3-10(4-6-11)14-19-8-9-20(14)15-12(13(17)21)2-1-7-18-15/h1-9H,16H2,(H2,17,21). The Labute approximate surface area is 121 Å². The third kappa shape index (κ3) is 2.34. The van der Waals surface area contributed by atoms with Crippen molar-refractivity contribution in [1.82, 2.24) is 14.5 Å². The Kier molecular flexibility index (Phi) is 3.12. The van der Waals surface area contributed by atoms with E-state index in [1.54, 1.807) is 47.4 Å². The molecule has 0 unspecified atom stereocenters. The minimum Gasteiger partial charge on any atom is -0.399 e. The molecule has 0 spiro atoms. The van der Waals surface area contributed by atoms with Crippen molar-refractivity contribution in [3.8, 4) is 17.2 Å². The number of nitrogens with zero attached hydrogens (tertiary/aromatic N) is 3. The van der Waals surface area contributed by atoms with Crippen molar-refractivity contribution in [2.75, 3.05) is 5.73 Å². The lowest BCUT2D eigenvalue weighted by Crippen LogP contribution is -2.15. The number of aromatic nitrogens is 3. The van der Waals surface area contributed by atoms with Crippen LogP contribution in [-0.4, -0.2) is 20.4 Å². The smallest absolute Gasteiger partial charge is 0.252 e. The van der Waals surface area contributed by atoms with Crippen LogP contribution in [0.5, 0.6) is 0 Å². The lowest BCUT2D eigenvalue weighted by atomic mass is 10.2. The molecule has 4 N–H and O–H groups in total. The van der Waals surface area contributed by atoms with Crippen molar-refractivity contribution < 1.29 is 4.79 Å². The maximum absolute atomic E-state index is 11.5. The summed E-state index contributed by atoms with van der Waals surface area (Å²) in [6.45, 7) is 0. The summed E-state index contributed by atoms with van der Waals surface area (Å²) in [5, 5.41) is 0. The first-order valence-corrected chi connectivity index (χ1v) is 6.31. The third-order valence-electron chi connectivity index (χ3n) is 3.09. The molecule has 6 nitrogen and oxygen atoms in total. The average Bonchev–Trinajstić information content (AvgIpc) is 2.97. The van der Waals surface area contributed by atoms with Gasteiger partial charge in [-0.15, -0.1) is 0 Å². The van der Waals surface area contributed by atoms with E-state index in [0.717, 1.165) is 5.56 Å². The molecule has 2 aromatic heterocycles. The summed E-state index contributed by atoms with van der Waals surface area (Å²) in [5.74, 6) is 0.584. The number of hydrogen-bond acceptors (Lipinski definition) is 4. The van der Waals surface area contributed by atoms with Crippen molar-refractivity contribution in [3.05, 3.63) is 60.6 Å². The minimum atomic E-state index is -0.532. The fourth-order valence-corrected chi connectivity index (χ4v) is 2.10. The number of anilines is 1. The molecule has 0 aliphatic heterocycles. The highest BCUT2D eigenvalue weighted by molar-refractivity contribution is 5.96. The summed E-state index contributed by atoms with van der Waals surface area (Å²) in [4.78, 5) is 20.1. The van der Waals surface area contributed by atoms with Gasteiger partial charge in [-0.1, -0.05) is 0 Å². The molecule has 0 saturated carbocycles. The molecule has 1 aromatic carbocycles. The summed E-state index contributed by atoms with van der Waals surface area (Å²) in [7, 11) is 0. The topological polar surface area (TPSA) is 99.8 Å². The number of amides is 1. The normalized spacial score (nSPS) is 10.5. The van der Waals surface area contributed by atoms with Crippen LogP contribution in [0, 0.1) is 0 Å². The molecule has 0 saturated heterocycles. The van der Waals surface area contributed by atoms with Gasteiger partial charge in [-0.25, -0.2) is 9.97 Å². The number of nitrogens with two attached hydrogens (primary N) is 2. The van der Waals surface area contributed by atoms with Gasteiger partial charge >= 0.3 is 0 Å². The second-order valence-electron chi connectivity index (χ2n) is 4.48. The van der Waals surface area contributed by atoms with Crippen LogP contribution in [0.4, 0.5) is 5.69 Å². The fourth-order valence-electron chi connectivity index (χ4n) is 2.10. The first kappa shape index (κ1) is 12.9. The largest absolute Gasteiger partial charge is 0.399 e. The highest BCUT2D eigenvalue weighted by Crippen LogP contribution is 2.23. The summed E-state index contributed by atoms with van der Waals surface area (Å²) in [6, 6.07) is 10.6. The molecule has 3 aromatic rings. The van der Waals surface area contributed by atoms with Crippen LogP contribution in [-0.2, 0) is 0 Å². The van der Waals surface area contributed by atoms with Crippen LogP contribution in [0.3, 0.4) is 0 Å². The highest BCUT2D eigenvalue weighted by atomic mass is 16.1. The van der Waals surface area contributed by atoms with Crippen molar-refractivity contribution in [2.45, 2.75) is 0 Å². The zero-order valence-electron chi connectivity index (χ0n) is 11.1. The number of hydrogen-bond donors (Lipinski definition) is 2. The number of pyridine rings is 1. The van der Waals surface area contributed by atoms with Crippen LogP contribution in [0.1, 0.15) is 10.4 Å². The van der Waals surface area contributed by atoms with E-state index in [0.29, 0.717) is 22.9 Å². The van der Waals surface area contributed by atoms with E-state index >= 15 is 0 Å². The molecule has 6 heteroatoms. The van der Waals surface area contributed by atoms with Gasteiger partial charge in [0.2, 0.25) is 0 Å². The highest BCUT2D eigenvalue weighted by Gasteiger charge is 2.14. The Hall–Kier alpha value is -3.15. The Bertz CT molecular complexity index is 792. The number of primary amides is 1. The molecule has 0 aliphatic rings. The third-order valence-corrected chi connectivity index (χ3v) is 3.09. The van der Waals surface area contributed by atoms with Crippen molar-refractivity contribution >= 4 is 11.6 Å². The molecule has 0 radical (unpaired) electrons. The molecule has 0 aliphatic carbocycles. The molecule has 3 rings (SSSR count). The van der Waals surface area contributed by atoms with Gasteiger partial charge < -0.3 is 11.5 Å². The average molecular weight is 279 g/mol. The first-order valence-electron chi connectivity index (χ1n) is 6.31. The Balaban J connectivity index is 2.16. The van der Waals surface area contributed by atoms with Gasteiger partial charge in [0.1, 0.15) is 5.82 Å². The second kappa shape index (κ2) is 5.09. The Morgan fingerprint density at radius 1 is 1.05 bits per heavy atom. The number of carbonyl (C=O) groups excluding carboxylic acids is 1. The zero-order valence-corrected chi connectivity index (χ0v) is 11.1. The molecular weight excluding hydrogens is 266 g/mol. The second-order valence-corrected chi connectivity index (χ2v) is 4.48. The summed E-state index contributed by atoms with van der Waals surface area (Å²) < 4.78 is 1.73. The summed E-state index contributed by atoms with van der Waals surface area (Å²) in [6.07, 6.45) is 4.99. The van der Waals surface area contributed by atoms with E-state index < -0.39 is 5.91 Å². The zero-order chi connectivity index (χ0) is 14.8. The van der Waals surface area contributed by atoms with Crippen molar-refractivity contribution in [2.24, 2.45) is 5.73 Å². The van der Waals surface area contributed by atoms with Gasteiger partial charge in [0.15, 0.2) is 5.82 Å². The Morgan fingerprint density at radius 2 is 1.81 bits per heavy atom.